The number of ether oxygens (including phenoxy) is 3. The average Bonchev–Trinajstić information content (AvgIpc) is 2.58. The Labute approximate surface area is 145 Å². The van der Waals surface area contributed by atoms with Gasteiger partial charge < -0.3 is 50.0 Å². The summed E-state index contributed by atoms with van der Waals surface area (Å²) in [6.07, 6.45) is -13.0. The number of aliphatic hydroxyl groups is 7. The molecule has 2 saturated heterocycles. The average molecular weight is 368 g/mol. The molecule has 0 radical (unpaired) electrons. The summed E-state index contributed by atoms with van der Waals surface area (Å²) in [7, 11) is 0. The Kier molecular flexibility index (Phi) is 7.13. The van der Waals surface area contributed by atoms with Crippen molar-refractivity contribution >= 4 is 0 Å². The topological polar surface area (TPSA) is 169 Å². The predicted octanol–water partition coefficient (Wildman–Crippen LogP) is -3.69. The van der Waals surface area contributed by atoms with Crippen LogP contribution in [0.5, 0.6) is 0 Å². The Hall–Kier alpha value is -0.400. The summed E-state index contributed by atoms with van der Waals surface area (Å²) in [6.45, 7) is 2.67. The fourth-order valence-electron chi connectivity index (χ4n) is 3.06. The Balaban J connectivity index is 1.99. The minimum absolute atomic E-state index is 0.132. The molecule has 25 heavy (non-hydrogen) atoms. The highest BCUT2D eigenvalue weighted by atomic mass is 16.7. The van der Waals surface area contributed by atoms with Crippen LogP contribution in [-0.2, 0) is 14.2 Å². The summed E-state index contributed by atoms with van der Waals surface area (Å²) in [6, 6.07) is 0. The zero-order valence-corrected chi connectivity index (χ0v) is 14.1. The minimum Gasteiger partial charge on any atom is -0.394 e. The Morgan fingerprint density at radius 1 is 0.760 bits per heavy atom. The molecule has 148 valence electrons. The summed E-state index contributed by atoms with van der Waals surface area (Å²) < 4.78 is 16.1. The lowest BCUT2D eigenvalue weighted by atomic mass is 9.89. The van der Waals surface area contributed by atoms with Crippen LogP contribution in [0.25, 0.3) is 0 Å². The second-order valence-electron chi connectivity index (χ2n) is 6.89. The van der Waals surface area contributed by atoms with Crippen molar-refractivity contribution in [2.75, 3.05) is 13.2 Å². The van der Waals surface area contributed by atoms with E-state index < -0.39 is 67.8 Å². The molecule has 2 heterocycles. The van der Waals surface area contributed by atoms with Crippen molar-refractivity contribution in [2.24, 2.45) is 5.92 Å². The van der Waals surface area contributed by atoms with Gasteiger partial charge in [0.2, 0.25) is 0 Å². The van der Waals surface area contributed by atoms with Crippen molar-refractivity contribution < 1.29 is 50.0 Å². The Morgan fingerprint density at radius 2 is 1.32 bits per heavy atom. The van der Waals surface area contributed by atoms with Gasteiger partial charge in [-0.3, -0.25) is 0 Å². The van der Waals surface area contributed by atoms with Crippen molar-refractivity contribution in [1.29, 1.82) is 0 Å². The number of aliphatic hydroxyl groups excluding tert-OH is 7. The monoisotopic (exact) mass is 368 g/mol. The van der Waals surface area contributed by atoms with Gasteiger partial charge in [0.25, 0.3) is 0 Å². The second-order valence-corrected chi connectivity index (χ2v) is 6.89. The van der Waals surface area contributed by atoms with Crippen LogP contribution in [0.3, 0.4) is 0 Å². The summed E-state index contributed by atoms with van der Waals surface area (Å²) >= 11 is 0. The highest BCUT2D eigenvalue weighted by Gasteiger charge is 2.47. The molecule has 10 atom stereocenters. The van der Waals surface area contributed by atoms with E-state index in [0.29, 0.717) is 0 Å². The molecule has 0 aliphatic carbocycles. The first-order valence-electron chi connectivity index (χ1n) is 8.30. The normalized spacial score (nSPS) is 48.7. The molecule has 7 N–H and O–H groups in total. The van der Waals surface area contributed by atoms with Gasteiger partial charge in [-0.2, -0.15) is 0 Å². The molecule has 2 aliphatic rings. The smallest absolute Gasteiger partial charge is 0.186 e. The van der Waals surface area contributed by atoms with E-state index in [1.807, 2.05) is 0 Å². The molecule has 2 fully saturated rings. The zero-order valence-electron chi connectivity index (χ0n) is 14.1. The highest BCUT2D eigenvalue weighted by Crippen LogP contribution is 2.27. The van der Waals surface area contributed by atoms with Gasteiger partial charge in [-0.1, -0.05) is 13.8 Å². The van der Waals surface area contributed by atoms with E-state index in [1.165, 1.54) is 0 Å². The van der Waals surface area contributed by atoms with Crippen molar-refractivity contribution in [3.63, 3.8) is 0 Å². The quantitative estimate of drug-likeness (QED) is 0.256. The van der Waals surface area contributed by atoms with E-state index in [2.05, 4.69) is 0 Å². The molecule has 4 unspecified atom stereocenters. The lowest BCUT2D eigenvalue weighted by Crippen LogP contribution is -2.62. The van der Waals surface area contributed by atoms with Crippen molar-refractivity contribution in [3.8, 4) is 0 Å². The van der Waals surface area contributed by atoms with E-state index >= 15 is 0 Å². The van der Waals surface area contributed by atoms with Gasteiger partial charge in [-0.15, -0.1) is 0 Å². The summed E-state index contributed by atoms with van der Waals surface area (Å²) in [4.78, 5) is 0. The molecule has 0 aromatic rings. The van der Waals surface area contributed by atoms with E-state index in [4.69, 9.17) is 19.3 Å². The van der Waals surface area contributed by atoms with E-state index in [9.17, 15) is 30.6 Å². The molecule has 0 aromatic carbocycles. The number of hydrogen-bond acceptors (Lipinski definition) is 10. The second kappa shape index (κ2) is 8.53. The lowest BCUT2D eigenvalue weighted by molar-refractivity contribution is -0.315. The Bertz CT molecular complexity index is 419. The molecule has 0 spiro atoms. The van der Waals surface area contributed by atoms with Gasteiger partial charge in [0.1, 0.15) is 48.8 Å². The molecule has 2 aliphatic heterocycles. The first-order chi connectivity index (χ1) is 11.7. The van der Waals surface area contributed by atoms with Crippen LogP contribution in [0.4, 0.5) is 0 Å². The number of rotatable bonds is 5. The van der Waals surface area contributed by atoms with Crippen LogP contribution in [0.1, 0.15) is 13.8 Å². The first-order valence-corrected chi connectivity index (χ1v) is 8.30. The largest absolute Gasteiger partial charge is 0.394 e. The van der Waals surface area contributed by atoms with Gasteiger partial charge in [-0.05, 0) is 5.92 Å². The molecule has 10 nitrogen and oxygen atoms in total. The molecule has 0 aromatic heterocycles. The van der Waals surface area contributed by atoms with Crippen molar-refractivity contribution in [1.82, 2.24) is 0 Å². The maximum absolute atomic E-state index is 10.0. The third-order valence-corrected chi connectivity index (χ3v) is 4.68. The van der Waals surface area contributed by atoms with E-state index in [-0.39, 0.29) is 12.5 Å². The van der Waals surface area contributed by atoms with Gasteiger partial charge in [0.05, 0.1) is 19.3 Å². The lowest BCUT2D eigenvalue weighted by Gasteiger charge is -2.43. The summed E-state index contributed by atoms with van der Waals surface area (Å²) in [5.41, 5.74) is 0. The third kappa shape index (κ3) is 4.30. The van der Waals surface area contributed by atoms with Gasteiger partial charge in [0.15, 0.2) is 6.29 Å². The maximum atomic E-state index is 10.0. The van der Waals surface area contributed by atoms with Crippen LogP contribution in [0.15, 0.2) is 0 Å². The fraction of sp³-hybridized carbons (Fsp3) is 1.00. The molecule has 0 amide bonds. The minimum atomic E-state index is -1.58. The van der Waals surface area contributed by atoms with Crippen LogP contribution >= 0.6 is 0 Å². The zero-order chi connectivity index (χ0) is 18.9. The van der Waals surface area contributed by atoms with Crippen LogP contribution in [0, 0.1) is 5.92 Å². The standard InChI is InChI=1S/C15H28O10/c1-5(2)14-12(21)10(19)9(18)7(24-14)4-23-15-13(22)11(20)8(17)6(3-16)25-15/h5-22H,3-4H2,1-2H3/t6?,7?,8-,9-,10+,11+,12?,13?,14-,15+/m1/s1. The number of hydrogen-bond donors (Lipinski definition) is 7. The van der Waals surface area contributed by atoms with Gasteiger partial charge in [-0.25, -0.2) is 0 Å². The third-order valence-electron chi connectivity index (χ3n) is 4.68. The van der Waals surface area contributed by atoms with Crippen LogP contribution < -0.4 is 0 Å². The molecule has 2 rings (SSSR count). The predicted molar refractivity (Wildman–Crippen MR) is 81.2 cm³/mol. The van der Waals surface area contributed by atoms with Gasteiger partial charge in [0, 0.05) is 0 Å². The van der Waals surface area contributed by atoms with E-state index in [0.717, 1.165) is 0 Å². The first kappa shape index (κ1) is 20.9. The Morgan fingerprint density at radius 3 is 1.88 bits per heavy atom. The van der Waals surface area contributed by atoms with Crippen LogP contribution in [0.2, 0.25) is 0 Å². The highest BCUT2D eigenvalue weighted by molar-refractivity contribution is 4.94. The van der Waals surface area contributed by atoms with Crippen LogP contribution in [-0.4, -0.2) is 110 Å². The van der Waals surface area contributed by atoms with E-state index in [1.54, 1.807) is 13.8 Å². The van der Waals surface area contributed by atoms with Crippen molar-refractivity contribution in [2.45, 2.75) is 75.1 Å². The molecular formula is C15H28O10. The molecular weight excluding hydrogens is 340 g/mol. The molecule has 0 saturated carbocycles. The SMILES string of the molecule is CC(C)[C@H]1OC(CO[C@H]2OC(CO)[C@@H](O)[C@H](O)C2O)[C@@H](O)[C@H](O)C1O. The van der Waals surface area contributed by atoms with Gasteiger partial charge >= 0.3 is 0 Å². The molecule has 10 heteroatoms. The fourth-order valence-corrected chi connectivity index (χ4v) is 3.06. The summed E-state index contributed by atoms with van der Waals surface area (Å²) in [5.74, 6) is -0.132. The maximum Gasteiger partial charge on any atom is 0.186 e. The molecule has 0 bridgehead atoms. The van der Waals surface area contributed by atoms with Crippen molar-refractivity contribution in [3.05, 3.63) is 0 Å². The summed E-state index contributed by atoms with van der Waals surface area (Å²) in [5, 5.41) is 68.5.